The number of likely N-dealkylation sites (N-methyl/N-ethyl adjacent to an activating group) is 1. The average Bonchev–Trinajstić information content (AvgIpc) is 2.86. The van der Waals surface area contributed by atoms with Gasteiger partial charge in [0, 0.05) is 19.1 Å². The van der Waals surface area contributed by atoms with E-state index in [9.17, 15) is 0 Å². The fraction of sp³-hybridized carbons (Fsp3) is 0.667. The molecule has 1 aliphatic rings. The highest BCUT2D eigenvalue weighted by Gasteiger charge is 2.28. The van der Waals surface area contributed by atoms with Gasteiger partial charge in [0.15, 0.2) is 0 Å². The summed E-state index contributed by atoms with van der Waals surface area (Å²) < 4.78 is 1.23. The minimum absolute atomic E-state index is 0.698. The first-order chi connectivity index (χ1) is 7.70. The van der Waals surface area contributed by atoms with Gasteiger partial charge in [-0.15, -0.1) is 11.3 Å². The van der Waals surface area contributed by atoms with E-state index < -0.39 is 0 Å². The van der Waals surface area contributed by atoms with Crippen LogP contribution < -0.4 is 5.32 Å². The molecule has 0 amide bonds. The van der Waals surface area contributed by atoms with Crippen molar-refractivity contribution in [1.29, 1.82) is 0 Å². The molecule has 90 valence electrons. The molecule has 2 atom stereocenters. The van der Waals surface area contributed by atoms with E-state index in [0.29, 0.717) is 6.04 Å². The van der Waals surface area contributed by atoms with Gasteiger partial charge in [-0.2, -0.15) is 0 Å². The highest BCUT2D eigenvalue weighted by atomic mass is 79.9. The van der Waals surface area contributed by atoms with Crippen molar-refractivity contribution in [1.82, 2.24) is 10.2 Å². The summed E-state index contributed by atoms with van der Waals surface area (Å²) in [4.78, 5) is 2.49. The molecule has 2 unspecified atom stereocenters. The van der Waals surface area contributed by atoms with Crippen LogP contribution in [0.4, 0.5) is 0 Å². The quantitative estimate of drug-likeness (QED) is 0.920. The third kappa shape index (κ3) is 2.86. The average molecular weight is 303 g/mol. The molecule has 4 heteroatoms. The SMILES string of the molecule is CCC1CNCC1N(C)Cc1csc(Br)c1. The van der Waals surface area contributed by atoms with Crippen molar-refractivity contribution in [3.63, 3.8) is 0 Å². The van der Waals surface area contributed by atoms with Crippen LogP contribution in [0, 0.1) is 5.92 Å². The standard InChI is InChI=1S/C12H19BrN2S/c1-3-10-5-14-6-11(10)15(2)7-9-4-12(13)16-8-9/h4,8,10-11,14H,3,5-7H2,1-2H3. The first-order valence-corrected chi connectivity index (χ1v) is 7.51. The van der Waals surface area contributed by atoms with Gasteiger partial charge in [0.25, 0.3) is 0 Å². The van der Waals surface area contributed by atoms with Gasteiger partial charge in [-0.3, -0.25) is 4.90 Å². The number of nitrogens with zero attached hydrogens (tertiary/aromatic N) is 1. The van der Waals surface area contributed by atoms with E-state index in [1.54, 1.807) is 11.3 Å². The second-order valence-corrected chi connectivity index (χ2v) is 6.86. The molecule has 0 bridgehead atoms. The molecule has 1 saturated heterocycles. The minimum Gasteiger partial charge on any atom is -0.315 e. The fourth-order valence-electron chi connectivity index (χ4n) is 2.49. The summed E-state index contributed by atoms with van der Waals surface area (Å²) in [7, 11) is 2.24. The van der Waals surface area contributed by atoms with Gasteiger partial charge >= 0.3 is 0 Å². The van der Waals surface area contributed by atoms with Crippen LogP contribution in [0.2, 0.25) is 0 Å². The Kier molecular flexibility index (Phi) is 4.41. The lowest BCUT2D eigenvalue weighted by atomic mass is 9.99. The lowest BCUT2D eigenvalue weighted by Crippen LogP contribution is -2.37. The van der Waals surface area contributed by atoms with Crippen molar-refractivity contribution in [3.05, 3.63) is 20.8 Å². The zero-order chi connectivity index (χ0) is 11.5. The molecule has 1 aromatic rings. The summed E-state index contributed by atoms with van der Waals surface area (Å²) in [6.45, 7) is 5.67. The predicted octanol–water partition coefficient (Wildman–Crippen LogP) is 2.94. The molecule has 0 spiro atoms. The van der Waals surface area contributed by atoms with E-state index >= 15 is 0 Å². The Morgan fingerprint density at radius 2 is 2.38 bits per heavy atom. The number of hydrogen-bond acceptors (Lipinski definition) is 3. The maximum absolute atomic E-state index is 3.52. The monoisotopic (exact) mass is 302 g/mol. The highest BCUT2D eigenvalue weighted by molar-refractivity contribution is 9.11. The van der Waals surface area contributed by atoms with Gasteiger partial charge in [-0.05, 0) is 52.5 Å². The van der Waals surface area contributed by atoms with Crippen molar-refractivity contribution in [2.75, 3.05) is 20.1 Å². The zero-order valence-corrected chi connectivity index (χ0v) is 12.3. The third-order valence-electron chi connectivity index (χ3n) is 3.45. The van der Waals surface area contributed by atoms with E-state index in [0.717, 1.165) is 19.0 Å². The predicted molar refractivity (Wildman–Crippen MR) is 73.9 cm³/mol. The number of hydrogen-bond donors (Lipinski definition) is 1. The van der Waals surface area contributed by atoms with Crippen LogP contribution in [-0.2, 0) is 6.54 Å². The van der Waals surface area contributed by atoms with E-state index in [1.165, 1.54) is 22.3 Å². The third-order valence-corrected chi connectivity index (χ3v) is 5.00. The van der Waals surface area contributed by atoms with Crippen LogP contribution >= 0.6 is 27.3 Å². The second kappa shape index (κ2) is 5.63. The normalized spacial score (nSPS) is 25.5. The summed E-state index contributed by atoms with van der Waals surface area (Å²) in [5, 5.41) is 5.74. The minimum atomic E-state index is 0.698. The molecular formula is C12H19BrN2S. The van der Waals surface area contributed by atoms with Crippen molar-refractivity contribution in [2.45, 2.75) is 25.9 Å². The lowest BCUT2D eigenvalue weighted by Gasteiger charge is -2.28. The Bertz CT molecular complexity index is 340. The Morgan fingerprint density at radius 1 is 1.56 bits per heavy atom. The van der Waals surface area contributed by atoms with E-state index in [-0.39, 0.29) is 0 Å². The summed E-state index contributed by atoms with van der Waals surface area (Å²) >= 11 is 5.29. The fourth-order valence-corrected chi connectivity index (χ4v) is 3.69. The summed E-state index contributed by atoms with van der Waals surface area (Å²) in [5.74, 6) is 0.812. The molecule has 1 aliphatic heterocycles. The molecular weight excluding hydrogens is 284 g/mol. The molecule has 0 radical (unpaired) electrons. The number of nitrogens with one attached hydrogen (secondary N) is 1. The summed E-state index contributed by atoms with van der Waals surface area (Å²) in [6, 6.07) is 2.92. The first-order valence-electron chi connectivity index (χ1n) is 5.84. The van der Waals surface area contributed by atoms with Gasteiger partial charge in [-0.25, -0.2) is 0 Å². The molecule has 2 heterocycles. The summed E-state index contributed by atoms with van der Waals surface area (Å²) in [6.07, 6.45) is 1.27. The van der Waals surface area contributed by atoms with Gasteiger partial charge < -0.3 is 5.32 Å². The van der Waals surface area contributed by atoms with E-state index in [2.05, 4.69) is 51.6 Å². The lowest BCUT2D eigenvalue weighted by molar-refractivity contribution is 0.201. The molecule has 2 nitrogen and oxygen atoms in total. The zero-order valence-electron chi connectivity index (χ0n) is 9.87. The van der Waals surface area contributed by atoms with E-state index in [4.69, 9.17) is 0 Å². The van der Waals surface area contributed by atoms with Crippen LogP contribution in [0.15, 0.2) is 15.2 Å². The van der Waals surface area contributed by atoms with Gasteiger partial charge in [0.2, 0.25) is 0 Å². The molecule has 1 aromatic heterocycles. The van der Waals surface area contributed by atoms with Crippen LogP contribution in [-0.4, -0.2) is 31.1 Å². The van der Waals surface area contributed by atoms with Gasteiger partial charge in [-0.1, -0.05) is 13.3 Å². The smallest absolute Gasteiger partial charge is 0.0701 e. The Hall–Kier alpha value is 0.100. The molecule has 2 rings (SSSR count). The van der Waals surface area contributed by atoms with Crippen LogP contribution in [0.25, 0.3) is 0 Å². The van der Waals surface area contributed by atoms with Crippen molar-refractivity contribution in [3.8, 4) is 0 Å². The van der Waals surface area contributed by atoms with E-state index in [1.807, 2.05) is 0 Å². The van der Waals surface area contributed by atoms with Crippen LogP contribution in [0.5, 0.6) is 0 Å². The molecule has 0 saturated carbocycles. The number of halogens is 1. The number of thiophene rings is 1. The van der Waals surface area contributed by atoms with Crippen molar-refractivity contribution < 1.29 is 0 Å². The van der Waals surface area contributed by atoms with Crippen LogP contribution in [0.3, 0.4) is 0 Å². The van der Waals surface area contributed by atoms with Gasteiger partial charge in [0.1, 0.15) is 0 Å². The summed E-state index contributed by atoms with van der Waals surface area (Å²) in [5.41, 5.74) is 1.42. The second-order valence-electron chi connectivity index (χ2n) is 4.57. The van der Waals surface area contributed by atoms with Crippen molar-refractivity contribution in [2.24, 2.45) is 5.92 Å². The maximum Gasteiger partial charge on any atom is 0.0701 e. The largest absolute Gasteiger partial charge is 0.315 e. The molecule has 0 aromatic carbocycles. The maximum atomic E-state index is 3.52. The Balaban J connectivity index is 1.94. The highest BCUT2D eigenvalue weighted by Crippen LogP contribution is 2.24. The van der Waals surface area contributed by atoms with Crippen LogP contribution in [0.1, 0.15) is 18.9 Å². The molecule has 0 aliphatic carbocycles. The Morgan fingerprint density at radius 3 is 3.00 bits per heavy atom. The van der Waals surface area contributed by atoms with Crippen molar-refractivity contribution >= 4 is 27.3 Å². The topological polar surface area (TPSA) is 15.3 Å². The Labute approximate surface area is 110 Å². The first kappa shape index (κ1) is 12.6. The number of rotatable bonds is 4. The molecule has 1 N–H and O–H groups in total. The molecule has 16 heavy (non-hydrogen) atoms. The van der Waals surface area contributed by atoms with Gasteiger partial charge in [0.05, 0.1) is 3.79 Å². The molecule has 1 fully saturated rings.